The maximum Gasteiger partial charge on any atom is 1.00 e. The summed E-state index contributed by atoms with van der Waals surface area (Å²) >= 11 is 0. The van der Waals surface area contributed by atoms with Crippen LogP contribution in [0.2, 0.25) is 0 Å². The van der Waals surface area contributed by atoms with Crippen LogP contribution in [0.15, 0.2) is 54.1 Å². The zero-order valence-corrected chi connectivity index (χ0v) is 43.4. The van der Waals surface area contributed by atoms with Crippen LogP contribution in [0.1, 0.15) is 75.3 Å². The van der Waals surface area contributed by atoms with Crippen LogP contribution in [0.5, 0.6) is 11.5 Å². The molecule has 2 aromatic carbocycles. The maximum absolute atomic E-state index is 11.1. The minimum Gasteiger partial charge on any atom is -0.746 e. The average molecular weight is 855 g/mol. The summed E-state index contributed by atoms with van der Waals surface area (Å²) in [6.07, 6.45) is 12.2. The van der Waals surface area contributed by atoms with Crippen molar-refractivity contribution in [3.63, 3.8) is 0 Å². The number of rotatable bonds is 8. The zero-order chi connectivity index (χ0) is 37.1. The number of methoxy groups -OCH3 is 2. The average Bonchev–Trinajstić information content (AvgIpc) is 3.06. The Hall–Kier alpha value is 1.72. The van der Waals surface area contributed by atoms with Crippen molar-refractivity contribution in [2.75, 3.05) is 21.3 Å². The number of benzene rings is 2. The Labute approximate surface area is 417 Å². The van der Waals surface area contributed by atoms with E-state index in [9.17, 15) is 18.9 Å². The first kappa shape index (κ1) is 52.1. The fourth-order valence-electron chi connectivity index (χ4n) is 11.5. The Bertz CT molecular complexity index is 1710. The van der Waals surface area contributed by atoms with Gasteiger partial charge in [0.2, 0.25) is 0 Å². The van der Waals surface area contributed by atoms with Crippen LogP contribution in [0.25, 0.3) is 5.76 Å². The van der Waals surface area contributed by atoms with Crippen molar-refractivity contribution in [2.24, 2.45) is 47.3 Å². The number of hydrogen-bond acceptors (Lipinski definition) is 11. The van der Waals surface area contributed by atoms with Gasteiger partial charge in [-0.3, -0.25) is 9.13 Å². The molecule has 3 unspecified atom stereocenters. The third-order valence-electron chi connectivity index (χ3n) is 12.7. The van der Waals surface area contributed by atoms with Crippen molar-refractivity contribution in [3.8, 4) is 11.5 Å². The second-order valence-corrected chi connectivity index (χ2v) is 17.8. The van der Waals surface area contributed by atoms with Gasteiger partial charge in [-0.05, 0) is 141 Å². The monoisotopic (exact) mass is 854 g/mol. The Morgan fingerprint density at radius 1 is 0.696 bits per heavy atom. The van der Waals surface area contributed by atoms with E-state index in [1.807, 2.05) is 12.1 Å². The topological polar surface area (TPSA) is 196 Å². The van der Waals surface area contributed by atoms with Crippen LogP contribution in [0, 0.1) is 47.3 Å². The van der Waals surface area contributed by atoms with Crippen LogP contribution < -0.4 is 77.9 Å². The van der Waals surface area contributed by atoms with Gasteiger partial charge in [-0.25, -0.2) is 4.89 Å². The number of allylic oxidation sites excluding steroid dienone is 1. The molecule has 1 heterocycles. The molecule has 11 rings (SSSR count). The molecule has 0 aromatic heterocycles. The van der Waals surface area contributed by atoms with Gasteiger partial charge in [0.25, 0.3) is 5.79 Å². The molecular formula is C37H48Na4O13P2. The summed E-state index contributed by atoms with van der Waals surface area (Å²) in [6.45, 7) is 0. The number of phosphoric ester groups is 2. The first-order valence-electron chi connectivity index (χ1n) is 18.1. The molecule has 19 heteroatoms. The molecular weight excluding hydrogens is 806 g/mol. The largest absolute Gasteiger partial charge is 1.00 e. The van der Waals surface area contributed by atoms with Crippen molar-refractivity contribution in [3.05, 3.63) is 65.2 Å². The molecule has 2 aromatic rings. The van der Waals surface area contributed by atoms with Gasteiger partial charge >= 0.3 is 74.8 Å². The van der Waals surface area contributed by atoms with E-state index in [1.165, 1.54) is 56.2 Å². The second-order valence-electron chi connectivity index (χ2n) is 15.6. The SMILES string of the molecule is CO.COC(=C1C2CC3CC(C2)CC1C3)c1cccc(OP(=O)([O-])O)c1.COC1(c2cccc(OP(=O)([O-])O)c2)OOC12C1CC3CC(C1)CC2C3.[Na+].[Na+].[Na].[Na]. The molecule has 2 radical (unpaired) electrons. The fraction of sp³-hybridized carbons (Fsp3) is 0.622. The van der Waals surface area contributed by atoms with Gasteiger partial charge in [0.05, 0.1) is 7.11 Å². The molecule has 8 saturated carbocycles. The first-order valence-corrected chi connectivity index (χ1v) is 21.1. The molecule has 3 N–H and O–H groups in total. The summed E-state index contributed by atoms with van der Waals surface area (Å²) in [5.41, 5.74) is 2.31. The van der Waals surface area contributed by atoms with Crippen molar-refractivity contribution >= 4 is 80.5 Å². The van der Waals surface area contributed by atoms with Crippen LogP contribution in [0.3, 0.4) is 0 Å². The summed E-state index contributed by atoms with van der Waals surface area (Å²) < 4.78 is 43.0. The van der Waals surface area contributed by atoms with Gasteiger partial charge in [-0.15, -0.1) is 0 Å². The van der Waals surface area contributed by atoms with Gasteiger partial charge in [-0.1, -0.05) is 24.3 Å². The second kappa shape index (κ2) is 20.9. The normalized spacial score (nSPS) is 35.4. The van der Waals surface area contributed by atoms with Gasteiger partial charge in [0.1, 0.15) is 17.3 Å². The molecule has 13 nitrogen and oxygen atoms in total. The van der Waals surface area contributed by atoms with E-state index in [4.69, 9.17) is 34.1 Å². The molecule has 8 bridgehead atoms. The third-order valence-corrected chi connectivity index (χ3v) is 13.6. The Morgan fingerprint density at radius 3 is 1.55 bits per heavy atom. The van der Waals surface area contributed by atoms with Crippen LogP contribution in [-0.4, -0.2) is 101 Å². The molecule has 9 fully saturated rings. The number of ether oxygens (including phenoxy) is 2. The van der Waals surface area contributed by atoms with E-state index >= 15 is 0 Å². The summed E-state index contributed by atoms with van der Waals surface area (Å²) in [6, 6.07) is 13.2. The quantitative estimate of drug-likeness (QED) is 0.123. The summed E-state index contributed by atoms with van der Waals surface area (Å²) in [4.78, 5) is 51.4. The molecule has 288 valence electrons. The predicted molar refractivity (Wildman–Crippen MR) is 195 cm³/mol. The molecule has 0 amide bonds. The van der Waals surface area contributed by atoms with E-state index in [0.717, 1.165) is 67.8 Å². The Kier molecular flexibility index (Phi) is 19.5. The molecule has 1 spiro atoms. The Morgan fingerprint density at radius 2 is 1.14 bits per heavy atom. The molecule has 1 saturated heterocycles. The molecule has 8 aliphatic carbocycles. The number of hydrogen-bond donors (Lipinski definition) is 3. The standard InChI is InChI=1S/C18H23O7P.C18H23O5P.CH4O.4Na/c1-22-18(13-3-2-4-16(10-13)23-26(19,20)21)17(24-25-18)14-6-11-5-12(8-14)9-15(17)7-11;1-22-18(13-3-2-4-16(10-13)23-24(19,20)21)17-14-6-11-5-12(8-14)9-15(17)7-11;1-2;;;;/h2-4,10-12,14-15H,5-9H2,1H3,(H2,19,20,21);2-4,10-12,14-15H,5-9H2,1H3,(H2,19,20,21);2H,1H3;;;;/q;;;;;2*+1/p-2. The predicted octanol–water partition coefficient (Wildman–Crippen LogP) is -1.32. The third kappa shape index (κ3) is 10.4. The maximum atomic E-state index is 11.1. The summed E-state index contributed by atoms with van der Waals surface area (Å²) in [5.74, 6) is 5.05. The molecule has 3 atom stereocenters. The van der Waals surface area contributed by atoms with Gasteiger partial charge in [0, 0.05) is 84.5 Å². The molecule has 56 heavy (non-hydrogen) atoms. The van der Waals surface area contributed by atoms with E-state index in [-0.39, 0.29) is 130 Å². The van der Waals surface area contributed by atoms with Crippen molar-refractivity contribution in [1.29, 1.82) is 0 Å². The fourth-order valence-corrected chi connectivity index (χ4v) is 12.3. The summed E-state index contributed by atoms with van der Waals surface area (Å²) in [7, 11) is -5.43. The number of aliphatic hydroxyl groups is 1. The van der Waals surface area contributed by atoms with Crippen LogP contribution >= 0.6 is 15.6 Å². The minimum absolute atomic E-state index is 0. The van der Waals surface area contributed by atoms with E-state index in [0.29, 0.717) is 29.2 Å². The summed E-state index contributed by atoms with van der Waals surface area (Å²) in [5, 5.41) is 7.00. The van der Waals surface area contributed by atoms with Gasteiger partial charge < -0.3 is 43.2 Å². The molecule has 9 aliphatic rings. The van der Waals surface area contributed by atoms with Gasteiger partial charge in [-0.2, -0.15) is 4.89 Å². The zero-order valence-electron chi connectivity index (χ0n) is 33.6. The number of aliphatic hydroxyl groups excluding tert-OH is 1. The van der Waals surface area contributed by atoms with E-state index in [2.05, 4.69) is 9.05 Å². The molecule has 1 aliphatic heterocycles. The van der Waals surface area contributed by atoms with Crippen LogP contribution in [0.4, 0.5) is 0 Å². The van der Waals surface area contributed by atoms with Crippen LogP contribution in [-0.2, 0) is 34.2 Å². The van der Waals surface area contributed by atoms with Crippen molar-refractivity contribution in [1.82, 2.24) is 0 Å². The van der Waals surface area contributed by atoms with E-state index < -0.39 is 27.0 Å². The van der Waals surface area contributed by atoms with Crippen molar-refractivity contribution in [2.45, 2.75) is 75.6 Å². The Balaban J connectivity index is 0.000000270. The smallest absolute Gasteiger partial charge is 0.746 e. The first-order chi connectivity index (χ1) is 24.8. The number of phosphoric acid groups is 2. The van der Waals surface area contributed by atoms with Crippen molar-refractivity contribution < 1.29 is 121 Å². The minimum atomic E-state index is -4.88. The van der Waals surface area contributed by atoms with E-state index in [1.54, 1.807) is 38.5 Å². The van der Waals surface area contributed by atoms with Gasteiger partial charge in [0.15, 0.2) is 5.60 Å².